The van der Waals surface area contributed by atoms with E-state index in [1.54, 1.807) is 6.92 Å². The molecule has 0 aliphatic heterocycles. The third-order valence-electron chi connectivity index (χ3n) is 2.13. The van der Waals surface area contributed by atoms with Crippen molar-refractivity contribution in [3.8, 4) is 0 Å². The molecule has 88 valence electrons. The third kappa shape index (κ3) is 2.65. The fraction of sp³-hybridized carbons (Fsp3) is 0.400. The molecular formula is C10H12F2N2O2. The Morgan fingerprint density at radius 3 is 2.75 bits per heavy atom. The van der Waals surface area contributed by atoms with E-state index in [9.17, 15) is 13.6 Å². The SMILES string of the molecule is COC(=O)Cc1nc(C(F)F)cc(C)c1N. The lowest BCUT2D eigenvalue weighted by molar-refractivity contribution is -0.139. The first kappa shape index (κ1) is 12.4. The molecule has 0 saturated heterocycles. The number of pyridine rings is 1. The fourth-order valence-corrected chi connectivity index (χ4v) is 1.23. The minimum atomic E-state index is -2.68. The molecule has 0 bridgehead atoms. The summed E-state index contributed by atoms with van der Waals surface area (Å²) in [6, 6.07) is 1.21. The average Bonchev–Trinajstić information content (AvgIpc) is 2.23. The van der Waals surface area contributed by atoms with Crippen LogP contribution in [-0.2, 0) is 16.0 Å². The van der Waals surface area contributed by atoms with Gasteiger partial charge in [-0.3, -0.25) is 4.79 Å². The predicted molar refractivity (Wildman–Crippen MR) is 54.1 cm³/mol. The molecule has 0 aliphatic carbocycles. The molecule has 1 aromatic rings. The van der Waals surface area contributed by atoms with E-state index in [1.807, 2.05) is 0 Å². The van der Waals surface area contributed by atoms with Crippen LogP contribution in [0, 0.1) is 6.92 Å². The monoisotopic (exact) mass is 230 g/mol. The highest BCUT2D eigenvalue weighted by Crippen LogP contribution is 2.23. The van der Waals surface area contributed by atoms with E-state index >= 15 is 0 Å². The van der Waals surface area contributed by atoms with Crippen molar-refractivity contribution < 1.29 is 18.3 Å². The van der Waals surface area contributed by atoms with Gasteiger partial charge < -0.3 is 10.5 Å². The van der Waals surface area contributed by atoms with Gasteiger partial charge in [-0.25, -0.2) is 13.8 Å². The zero-order valence-electron chi connectivity index (χ0n) is 8.96. The number of ether oxygens (including phenoxy) is 1. The number of aromatic nitrogens is 1. The fourth-order valence-electron chi connectivity index (χ4n) is 1.23. The molecule has 0 aliphatic rings. The Bertz CT molecular complexity index is 408. The normalized spacial score (nSPS) is 10.6. The Morgan fingerprint density at radius 2 is 2.25 bits per heavy atom. The van der Waals surface area contributed by atoms with E-state index in [-0.39, 0.29) is 23.5 Å². The molecule has 0 saturated carbocycles. The largest absolute Gasteiger partial charge is 0.469 e. The number of rotatable bonds is 3. The molecule has 6 heteroatoms. The number of methoxy groups -OCH3 is 1. The summed E-state index contributed by atoms with van der Waals surface area (Å²) < 4.78 is 29.3. The third-order valence-corrected chi connectivity index (χ3v) is 2.13. The van der Waals surface area contributed by atoms with Gasteiger partial charge in [0.05, 0.1) is 24.9 Å². The number of nitrogens with two attached hydrogens (primary N) is 1. The van der Waals surface area contributed by atoms with Crippen LogP contribution in [0.2, 0.25) is 0 Å². The Balaban J connectivity index is 3.11. The van der Waals surface area contributed by atoms with Gasteiger partial charge in [0, 0.05) is 0 Å². The highest BCUT2D eigenvalue weighted by Gasteiger charge is 2.16. The van der Waals surface area contributed by atoms with Gasteiger partial charge in [-0.05, 0) is 18.6 Å². The highest BCUT2D eigenvalue weighted by molar-refractivity contribution is 5.74. The average molecular weight is 230 g/mol. The van der Waals surface area contributed by atoms with Crippen molar-refractivity contribution in [3.05, 3.63) is 23.0 Å². The second kappa shape index (κ2) is 4.87. The Kier molecular flexibility index (Phi) is 3.76. The lowest BCUT2D eigenvalue weighted by atomic mass is 10.1. The van der Waals surface area contributed by atoms with E-state index in [2.05, 4.69) is 9.72 Å². The summed E-state index contributed by atoms with van der Waals surface area (Å²) in [5, 5.41) is 0. The zero-order chi connectivity index (χ0) is 12.3. The molecule has 1 aromatic heterocycles. The highest BCUT2D eigenvalue weighted by atomic mass is 19.3. The van der Waals surface area contributed by atoms with Crippen LogP contribution in [0.4, 0.5) is 14.5 Å². The van der Waals surface area contributed by atoms with E-state index in [0.29, 0.717) is 5.56 Å². The van der Waals surface area contributed by atoms with Gasteiger partial charge in [0.25, 0.3) is 6.43 Å². The van der Waals surface area contributed by atoms with Gasteiger partial charge in [0.15, 0.2) is 0 Å². The number of carbonyl (C=O) groups excluding carboxylic acids is 1. The molecular weight excluding hydrogens is 218 g/mol. The molecule has 2 N–H and O–H groups in total. The van der Waals surface area contributed by atoms with Crippen LogP contribution in [0.25, 0.3) is 0 Å². The van der Waals surface area contributed by atoms with Crippen LogP contribution in [0.1, 0.15) is 23.4 Å². The van der Waals surface area contributed by atoms with Gasteiger partial charge >= 0.3 is 5.97 Å². The molecule has 0 radical (unpaired) electrons. The number of halogens is 2. The van der Waals surface area contributed by atoms with Gasteiger partial charge in [-0.15, -0.1) is 0 Å². The second-order valence-corrected chi connectivity index (χ2v) is 3.28. The Morgan fingerprint density at radius 1 is 1.62 bits per heavy atom. The molecule has 1 heterocycles. The van der Waals surface area contributed by atoms with Crippen LogP contribution >= 0.6 is 0 Å². The van der Waals surface area contributed by atoms with E-state index < -0.39 is 12.4 Å². The maximum absolute atomic E-state index is 12.5. The molecule has 0 unspecified atom stereocenters. The first-order chi connectivity index (χ1) is 7.45. The van der Waals surface area contributed by atoms with Crippen molar-refractivity contribution in [3.63, 3.8) is 0 Å². The van der Waals surface area contributed by atoms with Crippen molar-refractivity contribution >= 4 is 11.7 Å². The Hall–Kier alpha value is -1.72. The number of hydrogen-bond donors (Lipinski definition) is 1. The molecule has 0 aromatic carbocycles. The number of carbonyl (C=O) groups is 1. The second-order valence-electron chi connectivity index (χ2n) is 3.28. The summed E-state index contributed by atoms with van der Waals surface area (Å²) in [7, 11) is 1.21. The molecule has 1 rings (SSSR count). The standard InChI is InChI=1S/C10H12F2N2O2/c1-5-3-7(10(11)12)14-6(9(5)13)4-8(15)16-2/h3,10H,4,13H2,1-2H3. The van der Waals surface area contributed by atoms with Crippen LogP contribution in [0.5, 0.6) is 0 Å². The number of hydrogen-bond acceptors (Lipinski definition) is 4. The molecule has 0 atom stereocenters. The van der Waals surface area contributed by atoms with Crippen LogP contribution in [0.3, 0.4) is 0 Å². The summed E-state index contributed by atoms with van der Waals surface area (Å²) >= 11 is 0. The number of nitrogens with zero attached hydrogens (tertiary/aromatic N) is 1. The van der Waals surface area contributed by atoms with Crippen LogP contribution in [0.15, 0.2) is 6.07 Å². The van der Waals surface area contributed by atoms with E-state index in [1.165, 1.54) is 13.2 Å². The summed E-state index contributed by atoms with van der Waals surface area (Å²) in [6.45, 7) is 1.59. The van der Waals surface area contributed by atoms with Crippen molar-refractivity contribution in [2.75, 3.05) is 12.8 Å². The molecule has 4 nitrogen and oxygen atoms in total. The van der Waals surface area contributed by atoms with Crippen LogP contribution in [-0.4, -0.2) is 18.1 Å². The number of nitrogen functional groups attached to an aromatic ring is 1. The maximum Gasteiger partial charge on any atom is 0.311 e. The van der Waals surface area contributed by atoms with Crippen LogP contribution < -0.4 is 5.73 Å². The number of alkyl halides is 2. The molecule has 16 heavy (non-hydrogen) atoms. The lowest BCUT2D eigenvalue weighted by Crippen LogP contribution is -2.11. The number of aryl methyl sites for hydroxylation is 1. The quantitative estimate of drug-likeness (QED) is 0.801. The summed E-state index contributed by atoms with van der Waals surface area (Å²) in [4.78, 5) is 14.7. The van der Waals surface area contributed by atoms with Gasteiger partial charge in [-0.1, -0.05) is 0 Å². The summed E-state index contributed by atoms with van der Waals surface area (Å²) in [5.41, 5.74) is 6.10. The summed E-state index contributed by atoms with van der Waals surface area (Å²) in [5.74, 6) is -0.565. The summed E-state index contributed by atoms with van der Waals surface area (Å²) in [6.07, 6.45) is -2.89. The zero-order valence-corrected chi connectivity index (χ0v) is 8.96. The molecule has 0 fully saturated rings. The maximum atomic E-state index is 12.5. The first-order valence-corrected chi connectivity index (χ1v) is 4.56. The van der Waals surface area contributed by atoms with Crippen molar-refractivity contribution in [1.29, 1.82) is 0 Å². The van der Waals surface area contributed by atoms with Crippen molar-refractivity contribution in [2.45, 2.75) is 19.8 Å². The van der Waals surface area contributed by atoms with Crippen molar-refractivity contribution in [1.82, 2.24) is 4.98 Å². The Labute approximate surface area is 91.4 Å². The van der Waals surface area contributed by atoms with E-state index in [0.717, 1.165) is 0 Å². The minimum Gasteiger partial charge on any atom is -0.469 e. The van der Waals surface area contributed by atoms with Gasteiger partial charge in [-0.2, -0.15) is 0 Å². The van der Waals surface area contributed by atoms with E-state index in [4.69, 9.17) is 5.73 Å². The van der Waals surface area contributed by atoms with Gasteiger partial charge in [0.2, 0.25) is 0 Å². The minimum absolute atomic E-state index is 0.127. The predicted octanol–water partition coefficient (Wildman–Crippen LogP) is 1.63. The molecule has 0 amide bonds. The lowest BCUT2D eigenvalue weighted by Gasteiger charge is -2.09. The molecule has 0 spiro atoms. The van der Waals surface area contributed by atoms with Gasteiger partial charge in [0.1, 0.15) is 5.69 Å². The van der Waals surface area contributed by atoms with Crippen molar-refractivity contribution in [2.24, 2.45) is 0 Å². The number of anilines is 1. The number of esters is 1. The topological polar surface area (TPSA) is 65.2 Å². The smallest absolute Gasteiger partial charge is 0.311 e. The first-order valence-electron chi connectivity index (χ1n) is 4.56.